The summed E-state index contributed by atoms with van der Waals surface area (Å²) in [6, 6.07) is 5.85. The fraction of sp³-hybridized carbons (Fsp3) is 0.400. The Hall–Kier alpha value is -1.82. The van der Waals surface area contributed by atoms with Gasteiger partial charge in [0.1, 0.15) is 5.82 Å². The van der Waals surface area contributed by atoms with Crippen LogP contribution in [-0.2, 0) is 9.53 Å². The lowest BCUT2D eigenvalue weighted by Crippen LogP contribution is -2.26. The highest BCUT2D eigenvalue weighted by Gasteiger charge is 2.24. The Labute approximate surface area is 107 Å². The van der Waals surface area contributed by atoms with Gasteiger partial charge in [-0.3, -0.25) is 4.79 Å². The SMILES string of the molecule is CC(C#Cc1ccc(F)cc1)OC(=O)C(C)(C)C. The molecular formula is C15H17FO2. The van der Waals surface area contributed by atoms with E-state index < -0.39 is 11.5 Å². The lowest BCUT2D eigenvalue weighted by molar-refractivity contribution is -0.155. The predicted octanol–water partition coefficient (Wildman–Crippen LogP) is 3.16. The molecule has 0 N–H and O–H groups in total. The molecule has 0 aliphatic carbocycles. The average molecular weight is 248 g/mol. The van der Waals surface area contributed by atoms with Crippen LogP contribution in [0.4, 0.5) is 4.39 Å². The number of carbonyl (C=O) groups is 1. The zero-order chi connectivity index (χ0) is 13.8. The second kappa shape index (κ2) is 5.68. The van der Waals surface area contributed by atoms with Gasteiger partial charge in [0, 0.05) is 5.56 Å². The van der Waals surface area contributed by atoms with Crippen LogP contribution in [0.25, 0.3) is 0 Å². The average Bonchev–Trinajstić information content (AvgIpc) is 2.27. The molecule has 96 valence electrons. The minimum atomic E-state index is -0.536. The molecule has 0 fully saturated rings. The minimum Gasteiger partial charge on any atom is -0.449 e. The molecule has 1 aromatic rings. The van der Waals surface area contributed by atoms with Crippen molar-refractivity contribution in [2.24, 2.45) is 5.41 Å². The molecule has 0 bridgehead atoms. The summed E-state index contributed by atoms with van der Waals surface area (Å²) in [5, 5.41) is 0. The molecule has 18 heavy (non-hydrogen) atoms. The topological polar surface area (TPSA) is 26.3 Å². The van der Waals surface area contributed by atoms with Crippen LogP contribution in [0.15, 0.2) is 24.3 Å². The Kier molecular flexibility index (Phi) is 4.49. The van der Waals surface area contributed by atoms with Crippen LogP contribution in [-0.4, -0.2) is 12.1 Å². The molecule has 0 saturated heterocycles. The third-order valence-electron chi connectivity index (χ3n) is 2.16. The van der Waals surface area contributed by atoms with E-state index in [-0.39, 0.29) is 11.8 Å². The van der Waals surface area contributed by atoms with Crippen LogP contribution in [0.2, 0.25) is 0 Å². The molecular weight excluding hydrogens is 231 g/mol. The molecule has 2 nitrogen and oxygen atoms in total. The van der Waals surface area contributed by atoms with Crippen molar-refractivity contribution >= 4 is 5.97 Å². The quantitative estimate of drug-likeness (QED) is 0.563. The van der Waals surface area contributed by atoms with Crippen molar-refractivity contribution in [3.05, 3.63) is 35.6 Å². The number of carbonyl (C=O) groups excluding carboxylic acids is 1. The maximum Gasteiger partial charge on any atom is 0.312 e. The zero-order valence-corrected chi connectivity index (χ0v) is 11.1. The molecule has 1 unspecified atom stereocenters. The normalized spacial score (nSPS) is 12.3. The van der Waals surface area contributed by atoms with E-state index in [2.05, 4.69) is 11.8 Å². The summed E-state index contributed by atoms with van der Waals surface area (Å²) in [4.78, 5) is 11.6. The number of hydrogen-bond donors (Lipinski definition) is 0. The predicted molar refractivity (Wildman–Crippen MR) is 68.3 cm³/mol. The van der Waals surface area contributed by atoms with Crippen molar-refractivity contribution in [1.29, 1.82) is 0 Å². The molecule has 0 aliphatic heterocycles. The van der Waals surface area contributed by atoms with E-state index in [1.807, 2.05) is 0 Å². The summed E-state index contributed by atoms with van der Waals surface area (Å²) in [6.07, 6.45) is -0.484. The summed E-state index contributed by atoms with van der Waals surface area (Å²) < 4.78 is 17.8. The molecule has 1 atom stereocenters. The molecule has 0 aliphatic rings. The highest BCUT2D eigenvalue weighted by Crippen LogP contribution is 2.16. The number of halogens is 1. The van der Waals surface area contributed by atoms with Gasteiger partial charge in [-0.25, -0.2) is 4.39 Å². The van der Waals surface area contributed by atoms with E-state index in [0.717, 1.165) is 0 Å². The standard InChI is InChI=1S/C15H17FO2/c1-11(18-14(17)15(2,3)4)5-6-12-7-9-13(16)10-8-12/h7-11H,1-4H3. The fourth-order valence-electron chi connectivity index (χ4n) is 1.08. The van der Waals surface area contributed by atoms with Gasteiger partial charge in [0.25, 0.3) is 0 Å². The van der Waals surface area contributed by atoms with Crippen molar-refractivity contribution in [3.8, 4) is 11.8 Å². The van der Waals surface area contributed by atoms with Crippen molar-refractivity contribution < 1.29 is 13.9 Å². The monoisotopic (exact) mass is 248 g/mol. The van der Waals surface area contributed by atoms with E-state index in [1.165, 1.54) is 12.1 Å². The molecule has 0 aromatic heterocycles. The first kappa shape index (κ1) is 14.2. The van der Waals surface area contributed by atoms with Gasteiger partial charge in [-0.1, -0.05) is 11.8 Å². The van der Waals surface area contributed by atoms with Crippen LogP contribution >= 0.6 is 0 Å². The van der Waals surface area contributed by atoms with E-state index in [0.29, 0.717) is 5.56 Å². The van der Waals surface area contributed by atoms with Gasteiger partial charge in [0.2, 0.25) is 0 Å². The number of ether oxygens (including phenoxy) is 1. The van der Waals surface area contributed by atoms with Crippen molar-refractivity contribution in [2.45, 2.75) is 33.8 Å². The fourth-order valence-corrected chi connectivity index (χ4v) is 1.08. The Bertz CT molecular complexity index is 472. The highest BCUT2D eigenvalue weighted by atomic mass is 19.1. The maximum atomic E-state index is 12.7. The van der Waals surface area contributed by atoms with Crippen LogP contribution in [0.5, 0.6) is 0 Å². The first-order chi connectivity index (χ1) is 8.29. The summed E-state index contributed by atoms with van der Waals surface area (Å²) in [5.41, 5.74) is 0.154. The van der Waals surface area contributed by atoms with Crippen LogP contribution in [0, 0.1) is 23.1 Å². The number of esters is 1. The molecule has 0 heterocycles. The highest BCUT2D eigenvalue weighted by molar-refractivity contribution is 5.75. The molecule has 1 aromatic carbocycles. The van der Waals surface area contributed by atoms with Gasteiger partial charge < -0.3 is 4.74 Å². The first-order valence-corrected chi connectivity index (χ1v) is 5.77. The van der Waals surface area contributed by atoms with Crippen LogP contribution in [0.1, 0.15) is 33.3 Å². The van der Waals surface area contributed by atoms with Crippen molar-refractivity contribution in [2.75, 3.05) is 0 Å². The molecule has 0 radical (unpaired) electrons. The zero-order valence-electron chi connectivity index (χ0n) is 11.1. The third-order valence-corrected chi connectivity index (χ3v) is 2.16. The Morgan fingerprint density at radius 3 is 2.33 bits per heavy atom. The largest absolute Gasteiger partial charge is 0.449 e. The molecule has 0 amide bonds. The molecule has 0 saturated carbocycles. The van der Waals surface area contributed by atoms with E-state index >= 15 is 0 Å². The number of rotatable bonds is 1. The lowest BCUT2D eigenvalue weighted by atomic mass is 9.97. The summed E-state index contributed by atoms with van der Waals surface area (Å²) in [5.74, 6) is 5.05. The summed E-state index contributed by atoms with van der Waals surface area (Å²) >= 11 is 0. The number of hydrogen-bond acceptors (Lipinski definition) is 2. The van der Waals surface area contributed by atoms with Gasteiger partial charge in [-0.2, -0.15) is 0 Å². The summed E-state index contributed by atoms with van der Waals surface area (Å²) in [7, 11) is 0. The van der Waals surface area contributed by atoms with Gasteiger partial charge in [-0.05, 0) is 52.0 Å². The smallest absolute Gasteiger partial charge is 0.312 e. The van der Waals surface area contributed by atoms with Gasteiger partial charge in [0.05, 0.1) is 5.41 Å². The van der Waals surface area contributed by atoms with Gasteiger partial charge in [0.15, 0.2) is 6.10 Å². The maximum absolute atomic E-state index is 12.7. The van der Waals surface area contributed by atoms with E-state index in [9.17, 15) is 9.18 Å². The third kappa shape index (κ3) is 4.58. The second-order valence-corrected chi connectivity index (χ2v) is 5.07. The molecule has 0 spiro atoms. The number of benzene rings is 1. The molecule has 1 rings (SSSR count). The van der Waals surface area contributed by atoms with Gasteiger partial charge in [-0.15, -0.1) is 0 Å². The Balaban J connectivity index is 2.63. The van der Waals surface area contributed by atoms with Crippen molar-refractivity contribution in [3.63, 3.8) is 0 Å². The molecule has 3 heteroatoms. The lowest BCUT2D eigenvalue weighted by Gasteiger charge is -2.18. The first-order valence-electron chi connectivity index (χ1n) is 5.77. The van der Waals surface area contributed by atoms with E-state index in [1.54, 1.807) is 39.8 Å². The summed E-state index contributed by atoms with van der Waals surface area (Å²) in [6.45, 7) is 7.07. The van der Waals surface area contributed by atoms with Crippen LogP contribution < -0.4 is 0 Å². The van der Waals surface area contributed by atoms with Crippen LogP contribution in [0.3, 0.4) is 0 Å². The Morgan fingerprint density at radius 1 is 1.28 bits per heavy atom. The van der Waals surface area contributed by atoms with E-state index in [4.69, 9.17) is 4.74 Å². The second-order valence-electron chi connectivity index (χ2n) is 5.07. The minimum absolute atomic E-state index is 0.289. The Morgan fingerprint density at radius 2 is 1.83 bits per heavy atom. The van der Waals surface area contributed by atoms with Crippen molar-refractivity contribution in [1.82, 2.24) is 0 Å². The van der Waals surface area contributed by atoms with Gasteiger partial charge >= 0.3 is 5.97 Å².